The lowest BCUT2D eigenvalue weighted by Crippen LogP contribution is -2.37. The summed E-state index contributed by atoms with van der Waals surface area (Å²) < 4.78 is 56.4. The number of imidazole rings is 1. The molecule has 1 atom stereocenters. The van der Waals surface area contributed by atoms with E-state index in [0.29, 0.717) is 23.9 Å². The van der Waals surface area contributed by atoms with Crippen molar-refractivity contribution in [3.05, 3.63) is 89.3 Å². The molecular weight excluding hydrogens is 459 g/mol. The van der Waals surface area contributed by atoms with Crippen molar-refractivity contribution in [3.63, 3.8) is 0 Å². The van der Waals surface area contributed by atoms with Crippen molar-refractivity contribution >= 4 is 12.2 Å². The fourth-order valence-corrected chi connectivity index (χ4v) is 4.08. The van der Waals surface area contributed by atoms with E-state index in [-0.39, 0.29) is 13.0 Å². The lowest BCUT2D eigenvalue weighted by Gasteiger charge is -2.33. The van der Waals surface area contributed by atoms with Crippen LogP contribution in [0.3, 0.4) is 0 Å². The minimum atomic E-state index is -1.53. The highest BCUT2D eigenvalue weighted by Gasteiger charge is 2.39. The van der Waals surface area contributed by atoms with Gasteiger partial charge < -0.3 is 14.0 Å². The Hall–Kier alpha value is -3.92. The normalized spacial score (nSPS) is 24.7. The Kier molecular flexibility index (Phi) is 5.89. The van der Waals surface area contributed by atoms with E-state index in [0.717, 1.165) is 29.1 Å². The van der Waals surface area contributed by atoms with Gasteiger partial charge in [0.1, 0.15) is 11.4 Å². The quantitative estimate of drug-likeness (QED) is 0.516. The Bertz CT molecular complexity index is 1400. The summed E-state index contributed by atoms with van der Waals surface area (Å²) in [5.74, 6) is -2.63. The molecule has 0 N–H and O–H groups in total. The second-order valence-electron chi connectivity index (χ2n) is 8.19. The van der Waals surface area contributed by atoms with Crippen LogP contribution in [0.25, 0.3) is 17.8 Å². The monoisotopic (exact) mass is 481 g/mol. The SMILES string of the molecule is COc1cc(/C=C/c2nc3n(n2)CCOC32/C=C/C(F)=C(F)\C(F)=C/C2)ccc1-n1cnc(C)c1. The second kappa shape index (κ2) is 9.03. The van der Waals surface area contributed by atoms with Gasteiger partial charge in [0.15, 0.2) is 29.1 Å². The molecule has 1 aromatic carbocycles. The molecule has 0 radical (unpaired) electrons. The molecule has 1 aliphatic carbocycles. The average molecular weight is 481 g/mol. The van der Waals surface area contributed by atoms with Crippen molar-refractivity contribution in [3.8, 4) is 11.4 Å². The van der Waals surface area contributed by atoms with Crippen molar-refractivity contribution in [2.45, 2.75) is 25.5 Å². The maximum Gasteiger partial charge on any atom is 0.194 e. The first kappa shape index (κ1) is 22.9. The van der Waals surface area contributed by atoms with E-state index in [1.54, 1.807) is 24.2 Å². The molecule has 3 aromatic rings. The number of allylic oxidation sites excluding steroid dienone is 4. The third kappa shape index (κ3) is 4.32. The van der Waals surface area contributed by atoms with Crippen LogP contribution in [0.1, 0.15) is 29.3 Å². The van der Waals surface area contributed by atoms with Gasteiger partial charge in [0, 0.05) is 12.6 Å². The first-order valence-electron chi connectivity index (χ1n) is 11.0. The van der Waals surface area contributed by atoms with Gasteiger partial charge in [-0.25, -0.2) is 27.8 Å². The number of ether oxygens (including phenoxy) is 2. The first-order chi connectivity index (χ1) is 16.9. The molecule has 0 saturated carbocycles. The van der Waals surface area contributed by atoms with Gasteiger partial charge in [0.05, 0.1) is 38.0 Å². The zero-order valence-electron chi connectivity index (χ0n) is 19.1. The lowest BCUT2D eigenvalue weighted by molar-refractivity contribution is -0.0464. The second-order valence-corrected chi connectivity index (χ2v) is 8.19. The molecule has 0 amide bonds. The van der Waals surface area contributed by atoms with Crippen molar-refractivity contribution in [2.24, 2.45) is 0 Å². The van der Waals surface area contributed by atoms with E-state index < -0.39 is 23.1 Å². The number of fused-ring (bicyclic) bond motifs is 2. The summed E-state index contributed by atoms with van der Waals surface area (Å²) in [7, 11) is 1.60. The molecule has 10 heteroatoms. The topological polar surface area (TPSA) is 67.0 Å². The zero-order chi connectivity index (χ0) is 24.6. The highest BCUT2D eigenvalue weighted by molar-refractivity contribution is 5.69. The van der Waals surface area contributed by atoms with Crippen LogP contribution in [-0.2, 0) is 16.9 Å². The molecule has 180 valence electrons. The van der Waals surface area contributed by atoms with E-state index in [1.807, 2.05) is 42.0 Å². The summed E-state index contributed by atoms with van der Waals surface area (Å²) in [5.41, 5.74) is 1.36. The maximum absolute atomic E-state index is 13.9. The Morgan fingerprint density at radius 1 is 1.20 bits per heavy atom. The smallest absolute Gasteiger partial charge is 0.194 e. The third-order valence-corrected chi connectivity index (χ3v) is 5.85. The molecule has 5 rings (SSSR count). The molecule has 1 aliphatic heterocycles. The maximum atomic E-state index is 13.9. The fraction of sp³-hybridized carbons (Fsp3) is 0.240. The van der Waals surface area contributed by atoms with Gasteiger partial charge in [0.25, 0.3) is 0 Å². The van der Waals surface area contributed by atoms with Crippen molar-refractivity contribution in [1.82, 2.24) is 24.3 Å². The summed E-state index contributed by atoms with van der Waals surface area (Å²) in [5, 5.41) is 4.50. The third-order valence-electron chi connectivity index (χ3n) is 5.85. The molecular formula is C25H22F3N5O2. The number of aryl methyl sites for hydroxylation is 1. The number of hydrogen-bond acceptors (Lipinski definition) is 5. The molecule has 3 heterocycles. The summed E-state index contributed by atoms with van der Waals surface area (Å²) in [6, 6.07) is 5.74. The molecule has 0 fully saturated rings. The van der Waals surface area contributed by atoms with Crippen LogP contribution in [0, 0.1) is 6.92 Å². The predicted octanol–water partition coefficient (Wildman–Crippen LogP) is 5.14. The van der Waals surface area contributed by atoms with Gasteiger partial charge in [-0.05, 0) is 48.9 Å². The van der Waals surface area contributed by atoms with Crippen LogP contribution in [0.4, 0.5) is 13.2 Å². The van der Waals surface area contributed by atoms with E-state index in [2.05, 4.69) is 15.1 Å². The molecule has 35 heavy (non-hydrogen) atoms. The Morgan fingerprint density at radius 3 is 2.83 bits per heavy atom. The van der Waals surface area contributed by atoms with Gasteiger partial charge in [-0.15, -0.1) is 0 Å². The molecule has 0 saturated heterocycles. The Balaban J connectivity index is 1.44. The minimum Gasteiger partial charge on any atom is -0.495 e. The number of halogens is 3. The van der Waals surface area contributed by atoms with Gasteiger partial charge in [-0.1, -0.05) is 12.1 Å². The van der Waals surface area contributed by atoms with E-state index in [1.165, 1.54) is 6.08 Å². The van der Waals surface area contributed by atoms with E-state index in [4.69, 9.17) is 9.47 Å². The molecule has 1 unspecified atom stereocenters. The van der Waals surface area contributed by atoms with E-state index >= 15 is 0 Å². The van der Waals surface area contributed by atoms with Crippen molar-refractivity contribution < 1.29 is 22.6 Å². The highest BCUT2D eigenvalue weighted by atomic mass is 19.2. The Morgan fingerprint density at radius 2 is 2.06 bits per heavy atom. The number of nitrogens with zero attached hydrogens (tertiary/aromatic N) is 5. The van der Waals surface area contributed by atoms with Crippen LogP contribution in [0.5, 0.6) is 5.75 Å². The first-order valence-corrected chi connectivity index (χ1v) is 11.0. The largest absolute Gasteiger partial charge is 0.495 e. The molecule has 0 bridgehead atoms. The number of rotatable bonds is 4. The average Bonchev–Trinajstić information content (AvgIpc) is 3.50. The number of benzene rings is 1. The van der Waals surface area contributed by atoms with Gasteiger partial charge in [-0.3, -0.25) is 0 Å². The van der Waals surface area contributed by atoms with Crippen LogP contribution in [-0.4, -0.2) is 38.0 Å². The molecule has 2 aliphatic rings. The van der Waals surface area contributed by atoms with Gasteiger partial charge in [0.2, 0.25) is 0 Å². The summed E-state index contributed by atoms with van der Waals surface area (Å²) >= 11 is 0. The van der Waals surface area contributed by atoms with Gasteiger partial charge >= 0.3 is 0 Å². The van der Waals surface area contributed by atoms with Crippen molar-refractivity contribution in [1.29, 1.82) is 0 Å². The van der Waals surface area contributed by atoms with Gasteiger partial charge in [-0.2, -0.15) is 5.10 Å². The van der Waals surface area contributed by atoms with Crippen molar-refractivity contribution in [2.75, 3.05) is 13.7 Å². The summed E-state index contributed by atoms with van der Waals surface area (Å²) in [4.78, 5) is 8.81. The zero-order valence-corrected chi connectivity index (χ0v) is 19.1. The van der Waals surface area contributed by atoms with E-state index in [9.17, 15) is 13.2 Å². The van der Waals surface area contributed by atoms with Crippen LogP contribution in [0.2, 0.25) is 0 Å². The lowest BCUT2D eigenvalue weighted by atomic mass is 9.94. The summed E-state index contributed by atoms with van der Waals surface area (Å²) in [6.07, 6.45) is 10.4. The standard InChI is InChI=1S/C25H22F3N5O2/c1-16-14-32(15-29-16)20-5-3-17(13-21(20)34-2)4-6-22-30-24-25(35-12-11-33(24)31-22)9-7-18(26)23(28)19(27)8-10-25/h3-9,13-15H,10-12H2,1-2H3/b6-4+,9-7+,19-8+,23-18-. The van der Waals surface area contributed by atoms with Crippen LogP contribution < -0.4 is 4.74 Å². The Labute approximate surface area is 199 Å². The summed E-state index contributed by atoms with van der Waals surface area (Å²) in [6.45, 7) is 2.61. The predicted molar refractivity (Wildman–Crippen MR) is 124 cm³/mol. The fourth-order valence-electron chi connectivity index (χ4n) is 4.08. The molecule has 7 nitrogen and oxygen atoms in total. The number of methoxy groups -OCH3 is 1. The molecule has 2 aromatic heterocycles. The highest BCUT2D eigenvalue weighted by Crippen LogP contribution is 2.37. The minimum absolute atomic E-state index is 0.0513. The number of hydrogen-bond donors (Lipinski definition) is 0. The van der Waals surface area contributed by atoms with Crippen LogP contribution >= 0.6 is 0 Å². The molecule has 1 spiro atoms. The van der Waals surface area contributed by atoms with Crippen LogP contribution in [0.15, 0.2) is 66.4 Å². The number of aromatic nitrogens is 5.